The molecule has 18 heavy (non-hydrogen) atoms. The lowest BCUT2D eigenvalue weighted by Crippen LogP contribution is -1.89. The Morgan fingerprint density at radius 3 is 2.61 bits per heavy atom. The normalized spacial score (nSPS) is 12.8. The molecule has 96 valence electrons. The maximum Gasteiger partial charge on any atom is 0.173 e. The summed E-state index contributed by atoms with van der Waals surface area (Å²) in [6.07, 6.45) is -0.625. The third-order valence-corrected chi connectivity index (χ3v) is 4.61. The van der Waals surface area contributed by atoms with Crippen molar-refractivity contribution >= 4 is 27.3 Å². The molecule has 1 N–H and O–H groups in total. The second-order valence-corrected chi connectivity index (χ2v) is 5.69. The average Bonchev–Trinajstić information content (AvgIpc) is 2.68. The summed E-state index contributed by atoms with van der Waals surface area (Å²) in [4.78, 5) is 5.00. The third kappa shape index (κ3) is 2.32. The number of aliphatic hydroxyl groups excluding tert-OH is 1. The first-order valence-electron chi connectivity index (χ1n) is 5.21. The van der Waals surface area contributed by atoms with Crippen LogP contribution in [0.5, 0.6) is 0 Å². The number of aliphatic hydroxyl groups is 1. The van der Waals surface area contributed by atoms with Crippen LogP contribution in [-0.2, 0) is 0 Å². The van der Waals surface area contributed by atoms with Crippen molar-refractivity contribution in [3.05, 3.63) is 38.8 Å². The van der Waals surface area contributed by atoms with Crippen LogP contribution in [0, 0.1) is 18.6 Å². The zero-order chi connectivity index (χ0) is 13.4. The van der Waals surface area contributed by atoms with E-state index >= 15 is 0 Å². The van der Waals surface area contributed by atoms with Gasteiger partial charge in [-0.2, -0.15) is 0 Å². The fraction of sp³-hybridized carbons (Fsp3) is 0.250. The predicted octanol–water partition coefficient (Wildman–Crippen LogP) is 4.21. The van der Waals surface area contributed by atoms with Gasteiger partial charge in [0.1, 0.15) is 5.01 Å². The summed E-state index contributed by atoms with van der Waals surface area (Å²) >= 11 is 4.30. The highest BCUT2D eigenvalue weighted by atomic mass is 79.9. The monoisotopic (exact) mass is 333 g/mol. The molecule has 0 amide bonds. The third-order valence-electron chi connectivity index (χ3n) is 2.48. The van der Waals surface area contributed by atoms with Crippen LogP contribution in [0.1, 0.15) is 23.6 Å². The molecule has 0 radical (unpaired) electrons. The summed E-state index contributed by atoms with van der Waals surface area (Å²) < 4.78 is 26.5. The van der Waals surface area contributed by atoms with E-state index in [-0.39, 0.29) is 4.47 Å². The van der Waals surface area contributed by atoms with Gasteiger partial charge in [-0.15, -0.1) is 11.3 Å². The Balaban J connectivity index is 2.56. The number of benzene rings is 1. The topological polar surface area (TPSA) is 33.1 Å². The number of hydrogen-bond donors (Lipinski definition) is 1. The molecular formula is C12H10BrF2NOS. The predicted molar refractivity (Wildman–Crippen MR) is 70.5 cm³/mol. The van der Waals surface area contributed by atoms with Gasteiger partial charge >= 0.3 is 0 Å². The van der Waals surface area contributed by atoms with E-state index in [1.807, 2.05) is 0 Å². The molecular weight excluding hydrogens is 324 g/mol. The van der Waals surface area contributed by atoms with Crippen LogP contribution in [-0.4, -0.2) is 10.1 Å². The fourth-order valence-corrected chi connectivity index (χ4v) is 3.28. The number of nitrogens with zero attached hydrogens (tertiary/aromatic N) is 1. The standard InChI is InChI=1S/C12H10BrF2NOS/c1-5-11(6(2)17)18-12(16-5)7-3-4-8(14)10(15)9(7)13/h3-4,6,17H,1-2H3. The minimum Gasteiger partial charge on any atom is -0.388 e. The van der Waals surface area contributed by atoms with Gasteiger partial charge in [0.2, 0.25) is 0 Å². The number of aromatic nitrogens is 1. The Labute approximate surface area is 115 Å². The average molecular weight is 334 g/mol. The number of hydrogen-bond acceptors (Lipinski definition) is 3. The van der Waals surface area contributed by atoms with Gasteiger partial charge in [-0.1, -0.05) is 0 Å². The maximum absolute atomic E-state index is 13.4. The summed E-state index contributed by atoms with van der Waals surface area (Å²) in [5.41, 5.74) is 1.18. The lowest BCUT2D eigenvalue weighted by Gasteiger charge is -2.02. The van der Waals surface area contributed by atoms with E-state index in [9.17, 15) is 13.9 Å². The van der Waals surface area contributed by atoms with Crippen LogP contribution in [0.4, 0.5) is 8.78 Å². The molecule has 1 atom stereocenters. The molecule has 2 rings (SSSR count). The second-order valence-electron chi connectivity index (χ2n) is 3.87. The first kappa shape index (κ1) is 13.6. The highest BCUT2D eigenvalue weighted by Crippen LogP contribution is 2.36. The largest absolute Gasteiger partial charge is 0.388 e. The van der Waals surface area contributed by atoms with Gasteiger partial charge in [0.15, 0.2) is 11.6 Å². The molecule has 0 saturated carbocycles. The molecule has 1 heterocycles. The molecule has 0 fully saturated rings. The van der Waals surface area contributed by atoms with Gasteiger partial charge < -0.3 is 5.11 Å². The lowest BCUT2D eigenvalue weighted by atomic mass is 10.2. The molecule has 0 spiro atoms. The van der Waals surface area contributed by atoms with Crippen LogP contribution < -0.4 is 0 Å². The van der Waals surface area contributed by atoms with Crippen LogP contribution in [0.3, 0.4) is 0 Å². The van der Waals surface area contributed by atoms with Gasteiger partial charge in [-0.25, -0.2) is 13.8 Å². The van der Waals surface area contributed by atoms with E-state index in [0.29, 0.717) is 16.3 Å². The zero-order valence-electron chi connectivity index (χ0n) is 9.67. The number of aryl methyl sites for hydroxylation is 1. The summed E-state index contributed by atoms with van der Waals surface area (Å²) in [6.45, 7) is 3.42. The van der Waals surface area contributed by atoms with Crippen molar-refractivity contribution < 1.29 is 13.9 Å². The summed E-state index contributed by atoms with van der Waals surface area (Å²) in [6, 6.07) is 2.53. The molecule has 0 aliphatic heterocycles. The van der Waals surface area contributed by atoms with Crippen LogP contribution in [0.25, 0.3) is 10.6 Å². The van der Waals surface area contributed by atoms with E-state index in [1.165, 1.54) is 17.4 Å². The van der Waals surface area contributed by atoms with Crippen molar-refractivity contribution in [1.82, 2.24) is 4.98 Å². The van der Waals surface area contributed by atoms with Gasteiger partial charge in [-0.3, -0.25) is 0 Å². The molecule has 1 aromatic heterocycles. The summed E-state index contributed by atoms with van der Waals surface area (Å²) in [5.74, 6) is -1.84. The molecule has 0 saturated heterocycles. The molecule has 6 heteroatoms. The number of halogens is 3. The van der Waals surface area contributed by atoms with Crippen LogP contribution >= 0.6 is 27.3 Å². The Morgan fingerprint density at radius 1 is 1.39 bits per heavy atom. The lowest BCUT2D eigenvalue weighted by molar-refractivity contribution is 0.202. The summed E-state index contributed by atoms with van der Waals surface area (Å²) in [5, 5.41) is 10.1. The molecule has 0 aliphatic rings. The zero-order valence-corrected chi connectivity index (χ0v) is 12.1. The van der Waals surface area contributed by atoms with Crippen molar-refractivity contribution in [3.8, 4) is 10.6 Å². The second kappa shape index (κ2) is 5.03. The molecule has 1 aromatic carbocycles. The first-order valence-corrected chi connectivity index (χ1v) is 6.82. The van der Waals surface area contributed by atoms with Crippen molar-refractivity contribution in [1.29, 1.82) is 0 Å². The Kier molecular flexibility index (Phi) is 3.79. The molecule has 2 aromatic rings. The smallest absolute Gasteiger partial charge is 0.173 e. The molecule has 0 bridgehead atoms. The highest BCUT2D eigenvalue weighted by Gasteiger charge is 2.18. The highest BCUT2D eigenvalue weighted by molar-refractivity contribution is 9.10. The quantitative estimate of drug-likeness (QED) is 0.835. The first-order chi connectivity index (χ1) is 8.41. The van der Waals surface area contributed by atoms with E-state index in [2.05, 4.69) is 20.9 Å². The van der Waals surface area contributed by atoms with Crippen LogP contribution in [0.15, 0.2) is 16.6 Å². The van der Waals surface area contributed by atoms with Crippen molar-refractivity contribution in [2.75, 3.05) is 0 Å². The van der Waals surface area contributed by atoms with Gasteiger partial charge in [-0.05, 0) is 41.9 Å². The van der Waals surface area contributed by atoms with E-state index in [1.54, 1.807) is 13.8 Å². The number of rotatable bonds is 2. The van der Waals surface area contributed by atoms with Gasteiger partial charge in [0.05, 0.1) is 21.1 Å². The minimum absolute atomic E-state index is 0.0494. The summed E-state index contributed by atoms with van der Waals surface area (Å²) in [7, 11) is 0. The van der Waals surface area contributed by atoms with Gasteiger partial charge in [0.25, 0.3) is 0 Å². The molecule has 2 nitrogen and oxygen atoms in total. The van der Waals surface area contributed by atoms with Crippen molar-refractivity contribution in [3.63, 3.8) is 0 Å². The van der Waals surface area contributed by atoms with Crippen LogP contribution in [0.2, 0.25) is 0 Å². The SMILES string of the molecule is Cc1nc(-c2ccc(F)c(F)c2Br)sc1C(C)O. The minimum atomic E-state index is -0.932. The van der Waals surface area contributed by atoms with Crippen molar-refractivity contribution in [2.24, 2.45) is 0 Å². The number of thiazole rings is 1. The fourth-order valence-electron chi connectivity index (χ4n) is 1.60. The van der Waals surface area contributed by atoms with Crippen molar-refractivity contribution in [2.45, 2.75) is 20.0 Å². The van der Waals surface area contributed by atoms with E-state index in [0.717, 1.165) is 10.9 Å². The Hall–Kier alpha value is -0.850. The van der Waals surface area contributed by atoms with E-state index in [4.69, 9.17) is 0 Å². The Bertz CT molecular complexity index is 598. The Morgan fingerprint density at radius 2 is 2.06 bits per heavy atom. The molecule has 0 aliphatic carbocycles. The maximum atomic E-state index is 13.4. The van der Waals surface area contributed by atoms with E-state index < -0.39 is 17.7 Å². The molecule has 1 unspecified atom stereocenters. The van der Waals surface area contributed by atoms with Gasteiger partial charge in [0, 0.05) is 5.56 Å².